The van der Waals surface area contributed by atoms with E-state index in [1.165, 1.54) is 0 Å². The van der Waals surface area contributed by atoms with Crippen LogP contribution < -0.4 is 10.6 Å². The van der Waals surface area contributed by atoms with E-state index in [2.05, 4.69) is 11.2 Å². The summed E-state index contributed by atoms with van der Waals surface area (Å²) in [4.78, 5) is 40.6. The number of nitrogens with two attached hydrogens (primary N) is 1. The van der Waals surface area contributed by atoms with Gasteiger partial charge in [0.05, 0.1) is 17.2 Å². The van der Waals surface area contributed by atoms with E-state index in [1.54, 1.807) is 6.07 Å². The van der Waals surface area contributed by atoms with E-state index in [1.807, 2.05) is 37.8 Å². The number of carbonyl (C=O) groups is 3. The third kappa shape index (κ3) is 3.86. The van der Waals surface area contributed by atoms with Gasteiger partial charge in [0.25, 0.3) is 0 Å². The van der Waals surface area contributed by atoms with Crippen LogP contribution in [-0.2, 0) is 16.0 Å². The fraction of sp³-hybridized carbons (Fsp3) is 0.500. The molecule has 0 saturated heterocycles. The number of fused-ring (bicyclic) bond motifs is 3. The number of phenolic OH excluding ortho intramolecular Hbond substituents is 1. The average Bonchev–Trinajstić information content (AvgIpc) is 2.74. The van der Waals surface area contributed by atoms with E-state index in [9.17, 15) is 34.8 Å². The van der Waals surface area contributed by atoms with Crippen LogP contribution in [0, 0.1) is 28.9 Å². The molecule has 1 aromatic rings. The molecule has 3 aliphatic carbocycles. The van der Waals surface area contributed by atoms with Crippen LogP contribution in [0.25, 0.3) is 0 Å². The van der Waals surface area contributed by atoms with Crippen molar-refractivity contribution in [1.82, 2.24) is 0 Å². The van der Waals surface area contributed by atoms with Gasteiger partial charge in [0.15, 0.2) is 17.2 Å². The highest BCUT2D eigenvalue weighted by Crippen LogP contribution is 2.53. The molecule has 1 aromatic carbocycles. The van der Waals surface area contributed by atoms with Gasteiger partial charge in [-0.05, 0) is 60.8 Å². The Balaban J connectivity index is 1.93. The van der Waals surface area contributed by atoms with Gasteiger partial charge >= 0.3 is 0 Å². The highest BCUT2D eigenvalue weighted by atomic mass is 32.3. The number of allylic oxidation sites excluding steroid dienone is 1. The molecule has 0 bridgehead atoms. The number of anilines is 1. The van der Waals surface area contributed by atoms with Crippen molar-refractivity contribution in [3.8, 4) is 16.9 Å². The molecule has 36 heavy (non-hydrogen) atoms. The normalized spacial score (nSPS) is 30.0. The number of aromatic hydroxyl groups is 1. The van der Waals surface area contributed by atoms with Crippen molar-refractivity contribution in [1.29, 1.82) is 0 Å². The number of hydrogen-bond acceptors (Lipinski definition) is 8. The first-order valence-electron chi connectivity index (χ1n) is 11.6. The summed E-state index contributed by atoms with van der Waals surface area (Å²) in [6.07, 6.45) is 4.84. The zero-order valence-corrected chi connectivity index (χ0v) is 21.8. The molecule has 1 fully saturated rings. The SMILES string of the molecule is CN(C)c1cc(C#CS(C)(C)C)c(O)c2c1C[C@H]1C[C@H]3CC(O)C(C(N)=O)C(=O)[C@@]3(O)C(O)=C1C2=O. The predicted octanol–water partition coefficient (Wildman–Crippen LogP) is 0.815. The summed E-state index contributed by atoms with van der Waals surface area (Å²) in [6, 6.07) is 1.73. The predicted molar refractivity (Wildman–Crippen MR) is 137 cm³/mol. The summed E-state index contributed by atoms with van der Waals surface area (Å²) in [5.41, 5.74) is 4.12. The molecular weight excluding hydrogens is 484 g/mol. The summed E-state index contributed by atoms with van der Waals surface area (Å²) in [5.74, 6) is -4.27. The van der Waals surface area contributed by atoms with E-state index < -0.39 is 62.7 Å². The van der Waals surface area contributed by atoms with Crippen LogP contribution in [0.5, 0.6) is 5.75 Å². The van der Waals surface area contributed by atoms with Gasteiger partial charge in [0.1, 0.15) is 17.4 Å². The lowest BCUT2D eigenvalue weighted by Gasteiger charge is -2.48. The number of aliphatic hydroxyl groups is 3. The molecule has 0 aliphatic heterocycles. The third-order valence-electron chi connectivity index (χ3n) is 7.34. The quantitative estimate of drug-likeness (QED) is 0.285. The monoisotopic (exact) mass is 516 g/mol. The molecule has 4 rings (SSSR count). The molecule has 10 heteroatoms. The van der Waals surface area contributed by atoms with E-state index >= 15 is 0 Å². The topological polar surface area (TPSA) is 161 Å². The lowest BCUT2D eigenvalue weighted by molar-refractivity contribution is -0.167. The van der Waals surface area contributed by atoms with Crippen LogP contribution in [0.2, 0.25) is 0 Å². The van der Waals surface area contributed by atoms with Crippen LogP contribution in [0.4, 0.5) is 5.69 Å². The van der Waals surface area contributed by atoms with Crippen molar-refractivity contribution in [2.75, 3.05) is 37.8 Å². The summed E-state index contributed by atoms with van der Waals surface area (Å²) >= 11 is 0. The highest BCUT2D eigenvalue weighted by Gasteiger charge is 2.62. The summed E-state index contributed by atoms with van der Waals surface area (Å²) < 4.78 is 0. The van der Waals surface area contributed by atoms with E-state index in [0.29, 0.717) is 11.3 Å². The van der Waals surface area contributed by atoms with Crippen LogP contribution in [0.15, 0.2) is 17.4 Å². The Hall–Kier alpha value is -3.00. The number of Topliss-reactive ketones (excluding diaryl/α,β-unsaturated/α-hetero) is 2. The minimum absolute atomic E-state index is 0.0241. The molecule has 0 heterocycles. The number of benzene rings is 1. The van der Waals surface area contributed by atoms with Gasteiger partial charge in [-0.25, -0.2) is 0 Å². The second-order valence-electron chi connectivity index (χ2n) is 10.8. The Morgan fingerprint density at radius 1 is 1.19 bits per heavy atom. The van der Waals surface area contributed by atoms with E-state index in [0.717, 1.165) is 0 Å². The number of hydrogen-bond donors (Lipinski definition) is 5. The number of nitrogens with zero attached hydrogens (tertiary/aromatic N) is 1. The number of amides is 1. The molecule has 0 spiro atoms. The molecule has 1 saturated carbocycles. The van der Waals surface area contributed by atoms with Gasteiger partial charge in [-0.2, -0.15) is 10.0 Å². The van der Waals surface area contributed by atoms with Crippen molar-refractivity contribution < 1.29 is 34.8 Å². The number of carbonyl (C=O) groups excluding carboxylic acids is 3. The van der Waals surface area contributed by atoms with Crippen molar-refractivity contribution in [3.63, 3.8) is 0 Å². The minimum atomic E-state index is -2.52. The number of primary amides is 1. The summed E-state index contributed by atoms with van der Waals surface area (Å²) in [6.45, 7) is 0. The molecule has 0 aromatic heterocycles. The standard InChI is InChI=1S/C26H32N2O7S/c1-28(2)16-10-12(6-7-36(3,4)5)21(30)19-15(16)9-13-8-14-11-17(29)20(25(27)34)24(33)26(14,35)23(32)18(13)22(19)31/h10,13-14,17,20,29-30,32,35H,8-9,11H2,1-5H3,(H2,27,34)/t13-,14+,17?,20?,26+/m1/s1. The van der Waals surface area contributed by atoms with E-state index in [4.69, 9.17) is 5.73 Å². The van der Waals surface area contributed by atoms with Crippen molar-refractivity contribution in [3.05, 3.63) is 34.1 Å². The molecule has 0 radical (unpaired) electrons. The van der Waals surface area contributed by atoms with Crippen LogP contribution in [0.1, 0.15) is 34.3 Å². The van der Waals surface area contributed by atoms with E-state index in [-0.39, 0.29) is 41.7 Å². The average molecular weight is 517 g/mol. The first kappa shape index (κ1) is 26.1. The zero-order chi connectivity index (χ0) is 26.9. The lowest BCUT2D eigenvalue weighted by atomic mass is 9.58. The number of ketones is 2. The third-order valence-corrected chi connectivity index (χ3v) is 8.05. The number of rotatable bonds is 2. The molecule has 2 unspecified atom stereocenters. The molecule has 194 valence electrons. The smallest absolute Gasteiger partial charge is 0.230 e. The maximum absolute atomic E-state index is 13.8. The van der Waals surface area contributed by atoms with Crippen molar-refractivity contribution >= 4 is 33.2 Å². The van der Waals surface area contributed by atoms with Gasteiger partial charge in [-0.1, -0.05) is 5.92 Å². The Labute approximate surface area is 211 Å². The van der Waals surface area contributed by atoms with Crippen molar-refractivity contribution in [2.45, 2.75) is 31.0 Å². The Kier molecular flexibility index (Phi) is 6.19. The lowest BCUT2D eigenvalue weighted by Crippen LogP contribution is -2.63. The molecule has 6 N–H and O–H groups in total. The second-order valence-corrected chi connectivity index (χ2v) is 14.7. The minimum Gasteiger partial charge on any atom is -0.508 e. The highest BCUT2D eigenvalue weighted by molar-refractivity contribution is 8.35. The first-order chi connectivity index (χ1) is 16.6. The zero-order valence-electron chi connectivity index (χ0n) is 21.0. The molecule has 1 amide bonds. The van der Waals surface area contributed by atoms with Gasteiger partial charge in [-0.3, -0.25) is 14.4 Å². The molecule has 3 aliphatic rings. The fourth-order valence-electron chi connectivity index (χ4n) is 5.68. The second kappa shape index (κ2) is 8.54. The maximum atomic E-state index is 13.8. The van der Waals surface area contributed by atoms with Crippen LogP contribution in [0.3, 0.4) is 0 Å². The number of phenols is 1. The number of aliphatic hydroxyl groups excluding tert-OH is 2. The van der Waals surface area contributed by atoms with Gasteiger partial charge < -0.3 is 31.1 Å². The van der Waals surface area contributed by atoms with Crippen LogP contribution in [-0.4, -0.2) is 82.5 Å². The van der Waals surface area contributed by atoms with Crippen LogP contribution >= 0.6 is 10.0 Å². The molecule has 5 atom stereocenters. The Morgan fingerprint density at radius 2 is 1.83 bits per heavy atom. The van der Waals surface area contributed by atoms with Gasteiger partial charge in [0, 0.05) is 31.3 Å². The van der Waals surface area contributed by atoms with Crippen molar-refractivity contribution in [2.24, 2.45) is 23.5 Å². The van der Waals surface area contributed by atoms with Gasteiger partial charge in [0.2, 0.25) is 5.91 Å². The fourth-order valence-corrected chi connectivity index (χ4v) is 6.09. The maximum Gasteiger partial charge on any atom is 0.230 e. The Bertz CT molecular complexity index is 1280. The molecule has 9 nitrogen and oxygen atoms in total. The van der Waals surface area contributed by atoms with Gasteiger partial charge in [-0.15, -0.1) is 0 Å². The summed E-state index contributed by atoms with van der Waals surface area (Å²) in [5, 5.41) is 47.2. The summed E-state index contributed by atoms with van der Waals surface area (Å²) in [7, 11) is 2.39. The largest absolute Gasteiger partial charge is 0.508 e. The Morgan fingerprint density at radius 3 is 2.39 bits per heavy atom. The first-order valence-corrected chi connectivity index (χ1v) is 14.4. The molecular formula is C26H32N2O7S.